The normalized spacial score (nSPS) is 12.1. The van der Waals surface area contributed by atoms with E-state index in [1.54, 1.807) is 6.21 Å². The maximum Gasteiger partial charge on any atom is 0.210 e. The van der Waals surface area contributed by atoms with Gasteiger partial charge in [0.1, 0.15) is 5.76 Å². The molecule has 21 heavy (non-hydrogen) atoms. The third kappa shape index (κ3) is 3.97. The molecule has 0 radical (unpaired) electrons. The molecule has 0 N–H and O–H groups in total. The van der Waals surface area contributed by atoms with E-state index in [4.69, 9.17) is 4.42 Å². The first-order valence-corrected chi connectivity index (χ1v) is 7.68. The third-order valence-electron chi connectivity index (χ3n) is 3.17. The molecule has 1 aromatic heterocycles. The van der Waals surface area contributed by atoms with Crippen molar-refractivity contribution in [2.45, 2.75) is 26.2 Å². The van der Waals surface area contributed by atoms with Crippen LogP contribution < -0.4 is 4.90 Å². The van der Waals surface area contributed by atoms with Crippen LogP contribution in [0.1, 0.15) is 32.1 Å². The minimum Gasteiger partial charge on any atom is -0.438 e. The third-order valence-corrected chi connectivity index (χ3v) is 3.74. The molecular weight excluding hydrogens is 328 g/mol. The zero-order chi connectivity index (χ0) is 15.6. The van der Waals surface area contributed by atoms with E-state index in [-0.39, 0.29) is 5.41 Å². The van der Waals surface area contributed by atoms with Gasteiger partial charge in [-0.15, -0.1) is 0 Å². The van der Waals surface area contributed by atoms with E-state index in [0.717, 1.165) is 21.8 Å². The molecule has 2 aromatic rings. The van der Waals surface area contributed by atoms with E-state index in [9.17, 15) is 0 Å². The number of benzene rings is 1. The van der Waals surface area contributed by atoms with Crippen molar-refractivity contribution >= 4 is 33.7 Å². The summed E-state index contributed by atoms with van der Waals surface area (Å²) in [7, 11) is 3.88. The number of aliphatic imine (C=N–C) groups is 1. The lowest BCUT2D eigenvalue weighted by molar-refractivity contribution is 0.557. The van der Waals surface area contributed by atoms with Crippen LogP contribution in [0.3, 0.4) is 0 Å². The van der Waals surface area contributed by atoms with Gasteiger partial charge in [-0.3, -0.25) is 4.99 Å². The average molecular weight is 349 g/mol. The van der Waals surface area contributed by atoms with Crippen LogP contribution in [0.15, 0.2) is 44.2 Å². The van der Waals surface area contributed by atoms with Crippen molar-refractivity contribution in [1.29, 1.82) is 0 Å². The summed E-state index contributed by atoms with van der Waals surface area (Å²) in [6, 6.07) is 10.2. The highest BCUT2D eigenvalue weighted by Gasteiger charge is 2.12. The minimum atomic E-state index is 0.161. The van der Waals surface area contributed by atoms with Crippen LogP contribution in [-0.2, 0) is 5.41 Å². The fourth-order valence-electron chi connectivity index (χ4n) is 1.93. The number of anilines is 1. The fourth-order valence-corrected chi connectivity index (χ4v) is 2.59. The molecule has 1 heterocycles. The lowest BCUT2D eigenvalue weighted by Crippen LogP contribution is -2.10. The first-order chi connectivity index (χ1) is 9.77. The highest BCUT2D eigenvalue weighted by Crippen LogP contribution is 2.28. The summed E-state index contributed by atoms with van der Waals surface area (Å²) < 4.78 is 6.63. The summed E-state index contributed by atoms with van der Waals surface area (Å²) in [4.78, 5) is 6.37. The molecule has 0 atom stereocenters. The van der Waals surface area contributed by atoms with E-state index in [0.29, 0.717) is 0 Å². The van der Waals surface area contributed by atoms with Crippen LogP contribution in [0, 0.1) is 0 Å². The summed E-state index contributed by atoms with van der Waals surface area (Å²) in [5.74, 6) is 1.52. The summed E-state index contributed by atoms with van der Waals surface area (Å²) in [6.45, 7) is 6.61. The predicted octanol–water partition coefficient (Wildman–Crippen LogP) is 5.16. The monoisotopic (exact) mass is 348 g/mol. The van der Waals surface area contributed by atoms with Crippen molar-refractivity contribution in [3.8, 4) is 0 Å². The highest BCUT2D eigenvalue weighted by molar-refractivity contribution is 9.10. The first-order valence-electron chi connectivity index (χ1n) is 6.88. The van der Waals surface area contributed by atoms with Gasteiger partial charge in [0.25, 0.3) is 0 Å². The molecule has 0 bridgehead atoms. The molecule has 2 rings (SSSR count). The predicted molar refractivity (Wildman–Crippen MR) is 93.1 cm³/mol. The number of hydrogen-bond donors (Lipinski definition) is 0. The molecule has 0 fully saturated rings. The van der Waals surface area contributed by atoms with E-state index in [1.165, 1.54) is 5.56 Å². The Morgan fingerprint density at radius 2 is 1.76 bits per heavy atom. The van der Waals surface area contributed by atoms with Gasteiger partial charge in [0, 0.05) is 20.2 Å². The van der Waals surface area contributed by atoms with E-state index in [1.807, 2.05) is 37.2 Å². The molecule has 0 aliphatic carbocycles. The summed E-state index contributed by atoms with van der Waals surface area (Å²) in [5.41, 5.74) is 2.38. The number of halogens is 1. The summed E-state index contributed by atoms with van der Waals surface area (Å²) in [6.07, 6.45) is 1.74. The Morgan fingerprint density at radius 1 is 1.14 bits per heavy atom. The smallest absolute Gasteiger partial charge is 0.210 e. The molecular formula is C17H21BrN2O. The van der Waals surface area contributed by atoms with E-state index < -0.39 is 0 Å². The molecule has 112 valence electrons. The van der Waals surface area contributed by atoms with Crippen molar-refractivity contribution in [2.75, 3.05) is 19.0 Å². The van der Waals surface area contributed by atoms with Crippen LogP contribution in [0.5, 0.6) is 0 Å². The van der Waals surface area contributed by atoms with Crippen molar-refractivity contribution < 1.29 is 4.42 Å². The zero-order valence-corrected chi connectivity index (χ0v) is 14.7. The number of nitrogens with zero attached hydrogens (tertiary/aromatic N) is 2. The minimum absolute atomic E-state index is 0.161. The topological polar surface area (TPSA) is 28.7 Å². The highest BCUT2D eigenvalue weighted by atomic mass is 79.9. The van der Waals surface area contributed by atoms with Crippen molar-refractivity contribution in [1.82, 2.24) is 0 Å². The van der Waals surface area contributed by atoms with Gasteiger partial charge in [-0.2, -0.15) is 0 Å². The molecule has 0 aliphatic rings. The van der Waals surface area contributed by atoms with Crippen LogP contribution in [-0.4, -0.2) is 20.3 Å². The Kier molecular flexibility index (Phi) is 4.57. The maximum absolute atomic E-state index is 5.71. The van der Waals surface area contributed by atoms with Gasteiger partial charge < -0.3 is 9.32 Å². The number of furan rings is 1. The van der Waals surface area contributed by atoms with E-state index in [2.05, 4.69) is 53.8 Å². The Hall–Kier alpha value is -1.55. The summed E-state index contributed by atoms with van der Waals surface area (Å²) in [5, 5.41) is 0. The van der Waals surface area contributed by atoms with Gasteiger partial charge in [-0.1, -0.05) is 32.9 Å². The second-order valence-electron chi connectivity index (χ2n) is 6.25. The second kappa shape index (κ2) is 6.06. The molecule has 0 spiro atoms. The quantitative estimate of drug-likeness (QED) is 0.717. The molecule has 4 heteroatoms. The zero-order valence-electron chi connectivity index (χ0n) is 13.1. The lowest BCUT2D eigenvalue weighted by Gasteiger charge is -2.18. The van der Waals surface area contributed by atoms with Crippen LogP contribution in [0.25, 0.3) is 0 Å². The fraction of sp³-hybridized carbons (Fsp3) is 0.353. The van der Waals surface area contributed by atoms with Gasteiger partial charge >= 0.3 is 0 Å². The van der Waals surface area contributed by atoms with Gasteiger partial charge in [0.05, 0.1) is 16.4 Å². The van der Waals surface area contributed by atoms with Crippen LogP contribution in [0.2, 0.25) is 0 Å². The molecule has 1 aromatic carbocycles. The Labute approximate surface area is 134 Å². The summed E-state index contributed by atoms with van der Waals surface area (Å²) >= 11 is 3.48. The maximum atomic E-state index is 5.71. The Balaban J connectivity index is 2.16. The molecule has 0 amide bonds. The van der Waals surface area contributed by atoms with Gasteiger partial charge in [-0.25, -0.2) is 0 Å². The number of rotatable bonds is 3. The van der Waals surface area contributed by atoms with E-state index >= 15 is 0 Å². The lowest BCUT2D eigenvalue weighted by atomic mass is 9.87. The first kappa shape index (κ1) is 15.8. The molecule has 0 aliphatic heterocycles. The van der Waals surface area contributed by atoms with Crippen molar-refractivity contribution in [3.05, 3.63) is 46.1 Å². The molecule has 0 saturated heterocycles. The Bertz CT molecular complexity index is 634. The second-order valence-corrected chi connectivity index (χ2v) is 7.11. The largest absolute Gasteiger partial charge is 0.438 e. The SMILES string of the molecule is CN(C)c1oc(C=Nc2ccc(C(C)(C)C)cc2)cc1Br. The van der Waals surface area contributed by atoms with Crippen molar-refractivity contribution in [3.63, 3.8) is 0 Å². The van der Waals surface area contributed by atoms with Gasteiger partial charge in [-0.05, 0) is 39.0 Å². The molecule has 3 nitrogen and oxygen atoms in total. The Morgan fingerprint density at radius 3 is 2.24 bits per heavy atom. The average Bonchev–Trinajstić information content (AvgIpc) is 2.77. The van der Waals surface area contributed by atoms with Crippen molar-refractivity contribution in [2.24, 2.45) is 4.99 Å². The number of hydrogen-bond acceptors (Lipinski definition) is 3. The standard InChI is InChI=1S/C17H21BrN2O/c1-17(2,3)12-6-8-13(9-7-12)19-11-14-10-15(18)16(21-14)20(4)5/h6-11H,1-5H3. The van der Waals surface area contributed by atoms with Crippen LogP contribution in [0.4, 0.5) is 11.6 Å². The van der Waals surface area contributed by atoms with Gasteiger partial charge in [0.15, 0.2) is 0 Å². The molecule has 0 unspecified atom stereocenters. The molecule has 0 saturated carbocycles. The van der Waals surface area contributed by atoms with Gasteiger partial charge in [0.2, 0.25) is 5.88 Å². The van der Waals surface area contributed by atoms with Crippen LogP contribution >= 0.6 is 15.9 Å².